The van der Waals surface area contributed by atoms with Gasteiger partial charge in [-0.05, 0) is 29.7 Å². The maximum atomic E-state index is 12.0. The number of ether oxygens (including phenoxy) is 1. The van der Waals surface area contributed by atoms with Gasteiger partial charge in [-0.15, -0.1) is 0 Å². The summed E-state index contributed by atoms with van der Waals surface area (Å²) < 4.78 is 5.00. The third-order valence-electron chi connectivity index (χ3n) is 3.36. The van der Waals surface area contributed by atoms with E-state index in [2.05, 4.69) is 5.32 Å². The molecule has 0 atom stereocenters. The molecule has 0 aliphatic heterocycles. The molecule has 0 unspecified atom stereocenters. The van der Waals surface area contributed by atoms with Crippen molar-refractivity contribution in [1.82, 2.24) is 0 Å². The number of para-hydroxylation sites is 1. The van der Waals surface area contributed by atoms with Crippen molar-refractivity contribution in [3.05, 3.63) is 63.6 Å². The molecule has 2 rings (SSSR count). The average Bonchev–Trinajstić information content (AvgIpc) is 2.55. The summed E-state index contributed by atoms with van der Waals surface area (Å²) in [6, 6.07) is 12.1. The van der Waals surface area contributed by atoms with Crippen LogP contribution < -0.4 is 5.32 Å². The Morgan fingerprint density at radius 2 is 1.79 bits per heavy atom. The van der Waals surface area contributed by atoms with Crippen LogP contribution in [-0.2, 0) is 9.53 Å². The third-order valence-corrected chi connectivity index (χ3v) is 4.18. The molecule has 0 heterocycles. The minimum atomic E-state index is -0.699. The van der Waals surface area contributed by atoms with Gasteiger partial charge in [0, 0.05) is 5.69 Å². The summed E-state index contributed by atoms with van der Waals surface area (Å²) in [7, 11) is 0. The Morgan fingerprint density at radius 1 is 1.08 bits per heavy atom. The van der Waals surface area contributed by atoms with E-state index in [9.17, 15) is 9.59 Å². The van der Waals surface area contributed by atoms with Crippen molar-refractivity contribution < 1.29 is 14.3 Å². The summed E-state index contributed by atoms with van der Waals surface area (Å²) in [5.74, 6) is -0.862. The average molecular weight is 366 g/mol. The van der Waals surface area contributed by atoms with Crippen molar-refractivity contribution in [1.29, 1.82) is 0 Å². The number of hydrogen-bond acceptors (Lipinski definition) is 3. The molecule has 1 N–H and O–H groups in total. The molecule has 24 heavy (non-hydrogen) atoms. The maximum absolute atomic E-state index is 12.0. The number of nitrogens with one attached hydrogen (secondary N) is 1. The first-order chi connectivity index (χ1) is 11.4. The topological polar surface area (TPSA) is 55.4 Å². The van der Waals surface area contributed by atoms with E-state index in [0.29, 0.717) is 5.69 Å². The normalized spacial score (nSPS) is 10.5. The van der Waals surface area contributed by atoms with Crippen LogP contribution in [0, 0.1) is 0 Å². The number of hydrogen-bond donors (Lipinski definition) is 1. The van der Waals surface area contributed by atoms with Gasteiger partial charge in [0.15, 0.2) is 6.61 Å². The van der Waals surface area contributed by atoms with Crippen LogP contribution in [0.3, 0.4) is 0 Å². The van der Waals surface area contributed by atoms with Gasteiger partial charge in [-0.1, -0.05) is 61.3 Å². The van der Waals surface area contributed by atoms with Crippen LogP contribution in [0.5, 0.6) is 0 Å². The Hall–Kier alpha value is -2.04. The van der Waals surface area contributed by atoms with Gasteiger partial charge in [0.1, 0.15) is 0 Å². The summed E-state index contributed by atoms with van der Waals surface area (Å²) in [5, 5.41) is 3.11. The summed E-state index contributed by atoms with van der Waals surface area (Å²) in [5.41, 5.74) is 1.84. The van der Waals surface area contributed by atoms with Crippen LogP contribution in [-0.4, -0.2) is 18.5 Å². The van der Waals surface area contributed by atoms with Crippen LogP contribution in [0.2, 0.25) is 10.0 Å². The number of carbonyl (C=O) groups is 2. The molecule has 0 saturated carbocycles. The Morgan fingerprint density at radius 3 is 2.50 bits per heavy atom. The van der Waals surface area contributed by atoms with Gasteiger partial charge in [-0.25, -0.2) is 4.79 Å². The smallest absolute Gasteiger partial charge is 0.340 e. The summed E-state index contributed by atoms with van der Waals surface area (Å²) in [6.07, 6.45) is 0. The summed E-state index contributed by atoms with van der Waals surface area (Å²) in [6.45, 7) is 3.66. The van der Waals surface area contributed by atoms with Crippen LogP contribution in [0.15, 0.2) is 42.5 Å². The van der Waals surface area contributed by atoms with Gasteiger partial charge >= 0.3 is 5.97 Å². The van der Waals surface area contributed by atoms with Crippen LogP contribution in [0.25, 0.3) is 0 Å². The van der Waals surface area contributed by atoms with E-state index >= 15 is 0 Å². The number of rotatable bonds is 5. The number of halogens is 2. The standard InChI is InChI=1S/C18H17Cl2NO3/c1-11(2)12-6-3-4-9-15(12)21-16(22)10-24-18(23)13-7-5-8-14(19)17(13)20/h3-9,11H,10H2,1-2H3,(H,21,22). The predicted molar refractivity (Wildman–Crippen MR) is 95.9 cm³/mol. The van der Waals surface area contributed by atoms with Gasteiger partial charge in [0.05, 0.1) is 15.6 Å². The second kappa shape index (κ2) is 8.18. The van der Waals surface area contributed by atoms with Gasteiger partial charge < -0.3 is 10.1 Å². The molecule has 0 fully saturated rings. The fourth-order valence-electron chi connectivity index (χ4n) is 2.17. The quantitative estimate of drug-likeness (QED) is 0.765. The Kier molecular flexibility index (Phi) is 6.23. The fraction of sp³-hybridized carbons (Fsp3) is 0.222. The Labute approximate surface area is 150 Å². The van der Waals surface area contributed by atoms with E-state index in [4.69, 9.17) is 27.9 Å². The molecule has 4 nitrogen and oxygen atoms in total. The number of carbonyl (C=O) groups excluding carboxylic acids is 2. The van der Waals surface area contributed by atoms with Crippen LogP contribution in [0.4, 0.5) is 5.69 Å². The van der Waals surface area contributed by atoms with Crippen molar-refractivity contribution in [2.45, 2.75) is 19.8 Å². The summed E-state index contributed by atoms with van der Waals surface area (Å²) >= 11 is 11.8. The minimum absolute atomic E-state index is 0.106. The van der Waals surface area contributed by atoms with E-state index < -0.39 is 18.5 Å². The lowest BCUT2D eigenvalue weighted by Crippen LogP contribution is -2.21. The van der Waals surface area contributed by atoms with Crippen molar-refractivity contribution in [3.8, 4) is 0 Å². The molecule has 1 amide bonds. The molecule has 126 valence electrons. The summed E-state index contributed by atoms with van der Waals surface area (Å²) in [4.78, 5) is 24.0. The molecule has 2 aromatic carbocycles. The van der Waals surface area contributed by atoms with Crippen molar-refractivity contribution in [3.63, 3.8) is 0 Å². The number of esters is 1. The highest BCUT2D eigenvalue weighted by Gasteiger charge is 2.16. The molecule has 0 aromatic heterocycles. The highest BCUT2D eigenvalue weighted by Crippen LogP contribution is 2.26. The van der Waals surface area contributed by atoms with E-state index in [1.807, 2.05) is 38.1 Å². The molecule has 2 aromatic rings. The van der Waals surface area contributed by atoms with Gasteiger partial charge in [0.2, 0.25) is 0 Å². The first kappa shape index (κ1) is 18.3. The van der Waals surface area contributed by atoms with Crippen molar-refractivity contribution in [2.24, 2.45) is 0 Å². The lowest BCUT2D eigenvalue weighted by molar-refractivity contribution is -0.119. The molecule has 0 aliphatic carbocycles. The monoisotopic (exact) mass is 365 g/mol. The van der Waals surface area contributed by atoms with Gasteiger partial charge in [-0.2, -0.15) is 0 Å². The van der Waals surface area contributed by atoms with Gasteiger partial charge in [-0.3, -0.25) is 4.79 Å². The number of amides is 1. The van der Waals surface area contributed by atoms with Gasteiger partial charge in [0.25, 0.3) is 5.91 Å². The first-order valence-corrected chi connectivity index (χ1v) is 8.15. The van der Waals surface area contributed by atoms with E-state index in [1.165, 1.54) is 6.07 Å². The zero-order valence-corrected chi connectivity index (χ0v) is 14.8. The molecule has 0 bridgehead atoms. The van der Waals surface area contributed by atoms with E-state index in [-0.39, 0.29) is 21.5 Å². The van der Waals surface area contributed by atoms with E-state index in [1.54, 1.807) is 12.1 Å². The third kappa shape index (κ3) is 4.49. The second-order valence-electron chi connectivity index (χ2n) is 5.47. The van der Waals surface area contributed by atoms with Crippen molar-refractivity contribution in [2.75, 3.05) is 11.9 Å². The molecular weight excluding hydrogens is 349 g/mol. The molecule has 0 spiro atoms. The zero-order valence-electron chi connectivity index (χ0n) is 13.3. The lowest BCUT2D eigenvalue weighted by atomic mass is 10.0. The minimum Gasteiger partial charge on any atom is -0.452 e. The second-order valence-corrected chi connectivity index (χ2v) is 6.25. The number of benzene rings is 2. The fourth-order valence-corrected chi connectivity index (χ4v) is 2.55. The SMILES string of the molecule is CC(C)c1ccccc1NC(=O)COC(=O)c1cccc(Cl)c1Cl. The highest BCUT2D eigenvalue weighted by atomic mass is 35.5. The number of anilines is 1. The van der Waals surface area contributed by atoms with Crippen molar-refractivity contribution >= 4 is 40.8 Å². The molecule has 0 radical (unpaired) electrons. The van der Waals surface area contributed by atoms with Crippen LogP contribution >= 0.6 is 23.2 Å². The van der Waals surface area contributed by atoms with E-state index in [0.717, 1.165) is 5.56 Å². The molecule has 0 aliphatic rings. The largest absolute Gasteiger partial charge is 0.452 e. The predicted octanol–water partition coefficient (Wildman–Crippen LogP) is 4.91. The molecule has 6 heteroatoms. The molecular formula is C18H17Cl2NO3. The lowest BCUT2D eigenvalue weighted by Gasteiger charge is -2.13. The molecule has 0 saturated heterocycles. The highest BCUT2D eigenvalue weighted by molar-refractivity contribution is 6.43. The maximum Gasteiger partial charge on any atom is 0.340 e. The Balaban J connectivity index is 1.99. The first-order valence-electron chi connectivity index (χ1n) is 7.40. The zero-order chi connectivity index (χ0) is 17.7. The van der Waals surface area contributed by atoms with Crippen LogP contribution in [0.1, 0.15) is 35.7 Å². The Bertz CT molecular complexity index is 760.